The molecule has 0 aliphatic rings. The Morgan fingerprint density at radius 2 is 1.17 bits per heavy atom. The summed E-state index contributed by atoms with van der Waals surface area (Å²) >= 11 is 24.7. The zero-order chi connectivity index (χ0) is 21.6. The highest BCUT2D eigenvalue weighted by Gasteiger charge is 2.54. The first-order chi connectivity index (χ1) is 13.5. The Bertz CT molecular complexity index is 1150. The standard InChI is InChI=1S/C19H12Cl4O5S/c20-11-7-4-8-12(21)15(11)19(29(26,27)28,10-5-2-1-3-6-10)16-17(24)13(22)9-14(23)18(16)25/h1-9,24-25H,(H,26,27,28). The van der Waals surface area contributed by atoms with Gasteiger partial charge in [0, 0.05) is 15.6 Å². The monoisotopic (exact) mass is 492 g/mol. The molecule has 0 saturated heterocycles. The SMILES string of the molecule is O=S(=O)(O)C(c1ccccc1)(c1c(Cl)cccc1Cl)c1c(O)c(Cl)cc(Cl)c1O. The first-order valence-electron chi connectivity index (χ1n) is 7.91. The molecule has 10 heteroatoms. The van der Waals surface area contributed by atoms with Crippen LogP contribution in [0.3, 0.4) is 0 Å². The van der Waals surface area contributed by atoms with Crippen LogP contribution in [0.2, 0.25) is 20.1 Å². The summed E-state index contributed by atoms with van der Waals surface area (Å²) < 4.78 is 33.9. The van der Waals surface area contributed by atoms with Gasteiger partial charge in [-0.05, 0) is 23.8 Å². The fraction of sp³-hybridized carbons (Fsp3) is 0.0526. The Balaban J connectivity index is 2.72. The van der Waals surface area contributed by atoms with Crippen molar-refractivity contribution < 1.29 is 23.2 Å². The molecule has 0 bridgehead atoms. The van der Waals surface area contributed by atoms with Crippen LogP contribution in [-0.2, 0) is 14.9 Å². The molecule has 0 spiro atoms. The number of phenols is 2. The highest BCUT2D eigenvalue weighted by Crippen LogP contribution is 2.56. The minimum atomic E-state index is -5.22. The highest BCUT2D eigenvalue weighted by molar-refractivity contribution is 7.87. The number of rotatable bonds is 4. The van der Waals surface area contributed by atoms with Gasteiger partial charge >= 0.3 is 0 Å². The maximum absolute atomic E-state index is 13.0. The fourth-order valence-corrected chi connectivity index (χ4v) is 5.88. The van der Waals surface area contributed by atoms with Gasteiger partial charge in [-0.25, -0.2) is 0 Å². The van der Waals surface area contributed by atoms with Gasteiger partial charge in [0.1, 0.15) is 11.5 Å². The van der Waals surface area contributed by atoms with Crippen LogP contribution in [0.4, 0.5) is 0 Å². The topological polar surface area (TPSA) is 94.8 Å². The molecule has 0 amide bonds. The maximum atomic E-state index is 13.0. The summed E-state index contributed by atoms with van der Waals surface area (Å²) in [4.78, 5) is 0. The first-order valence-corrected chi connectivity index (χ1v) is 10.9. The molecule has 0 radical (unpaired) electrons. The van der Waals surface area contributed by atoms with E-state index in [-0.39, 0.29) is 31.2 Å². The molecule has 1 atom stereocenters. The number of benzene rings is 3. The molecule has 1 unspecified atom stereocenters. The van der Waals surface area contributed by atoms with E-state index in [0.717, 1.165) is 6.07 Å². The smallest absolute Gasteiger partial charge is 0.283 e. The predicted molar refractivity (Wildman–Crippen MR) is 114 cm³/mol. The number of hydrogen-bond acceptors (Lipinski definition) is 4. The van der Waals surface area contributed by atoms with Crippen molar-refractivity contribution in [3.05, 3.63) is 91.4 Å². The molecule has 3 aromatic rings. The van der Waals surface area contributed by atoms with E-state index in [1.165, 1.54) is 42.5 Å². The van der Waals surface area contributed by atoms with Crippen LogP contribution < -0.4 is 0 Å². The Morgan fingerprint density at radius 3 is 1.62 bits per heavy atom. The fourth-order valence-electron chi connectivity index (χ4n) is 3.26. The molecule has 29 heavy (non-hydrogen) atoms. The minimum absolute atomic E-state index is 0.0681. The number of halogens is 4. The largest absolute Gasteiger partial charge is 0.506 e. The van der Waals surface area contributed by atoms with Crippen molar-refractivity contribution in [3.8, 4) is 11.5 Å². The summed E-state index contributed by atoms with van der Waals surface area (Å²) in [5, 5.41) is 20.4. The minimum Gasteiger partial charge on any atom is -0.506 e. The quantitative estimate of drug-likeness (QED) is 0.311. The Labute approximate surface area is 186 Å². The molecule has 0 aliphatic heterocycles. The molecule has 0 fully saturated rings. The average molecular weight is 494 g/mol. The third-order valence-corrected chi connectivity index (χ3v) is 7.04. The van der Waals surface area contributed by atoms with Gasteiger partial charge in [-0.3, -0.25) is 4.55 Å². The van der Waals surface area contributed by atoms with E-state index in [2.05, 4.69) is 0 Å². The third-order valence-electron chi connectivity index (χ3n) is 4.41. The number of aromatic hydroxyl groups is 2. The van der Waals surface area contributed by atoms with Gasteiger partial charge in [0.2, 0.25) is 0 Å². The van der Waals surface area contributed by atoms with Gasteiger partial charge < -0.3 is 10.2 Å². The lowest BCUT2D eigenvalue weighted by Crippen LogP contribution is -2.39. The van der Waals surface area contributed by atoms with E-state index in [0.29, 0.717) is 0 Å². The van der Waals surface area contributed by atoms with Crippen LogP contribution >= 0.6 is 46.4 Å². The zero-order valence-electron chi connectivity index (χ0n) is 14.3. The van der Waals surface area contributed by atoms with Crippen LogP contribution in [0.1, 0.15) is 16.7 Å². The third kappa shape index (κ3) is 3.44. The Kier molecular flexibility index (Phi) is 5.98. The summed E-state index contributed by atoms with van der Waals surface area (Å²) in [6.45, 7) is 0. The van der Waals surface area contributed by atoms with Crippen LogP contribution in [0.25, 0.3) is 0 Å². The maximum Gasteiger partial charge on any atom is 0.283 e. The van der Waals surface area contributed by atoms with E-state index < -0.39 is 31.9 Å². The van der Waals surface area contributed by atoms with E-state index in [4.69, 9.17) is 46.4 Å². The van der Waals surface area contributed by atoms with E-state index in [1.54, 1.807) is 6.07 Å². The van der Waals surface area contributed by atoms with Crippen molar-refractivity contribution >= 4 is 56.5 Å². The molecular formula is C19H12Cl4O5S. The van der Waals surface area contributed by atoms with Gasteiger partial charge in [0.15, 0.2) is 4.75 Å². The van der Waals surface area contributed by atoms with Crippen LogP contribution in [0.5, 0.6) is 11.5 Å². The van der Waals surface area contributed by atoms with Crippen molar-refractivity contribution in [1.82, 2.24) is 0 Å². The van der Waals surface area contributed by atoms with E-state index in [1.807, 2.05) is 0 Å². The van der Waals surface area contributed by atoms with Crippen LogP contribution in [-0.4, -0.2) is 23.2 Å². The second kappa shape index (κ2) is 7.87. The summed E-state index contributed by atoms with van der Waals surface area (Å²) in [5.74, 6) is -1.63. The van der Waals surface area contributed by atoms with Gasteiger partial charge in [-0.15, -0.1) is 0 Å². The van der Waals surface area contributed by atoms with Crippen molar-refractivity contribution in [1.29, 1.82) is 0 Å². The Morgan fingerprint density at radius 1 is 0.690 bits per heavy atom. The highest BCUT2D eigenvalue weighted by atomic mass is 35.5. The summed E-state index contributed by atoms with van der Waals surface area (Å²) in [6, 6.07) is 12.5. The first kappa shape index (κ1) is 22.0. The molecule has 5 nitrogen and oxygen atoms in total. The molecule has 3 N–H and O–H groups in total. The van der Waals surface area contributed by atoms with Crippen molar-refractivity contribution in [2.75, 3.05) is 0 Å². The number of phenolic OH excluding ortho intramolecular Hbond substituents is 2. The summed E-state index contributed by atoms with van der Waals surface area (Å²) in [6.07, 6.45) is 0. The van der Waals surface area contributed by atoms with Crippen LogP contribution in [0, 0.1) is 0 Å². The molecule has 0 aromatic heterocycles. The molecule has 3 aromatic carbocycles. The van der Waals surface area contributed by atoms with Crippen LogP contribution in [0.15, 0.2) is 54.6 Å². The summed E-state index contributed by atoms with van der Waals surface area (Å²) in [7, 11) is -5.22. The predicted octanol–water partition coefficient (Wildman–Crippen LogP) is 5.89. The molecule has 0 aliphatic carbocycles. The van der Waals surface area contributed by atoms with Crippen molar-refractivity contribution in [2.45, 2.75) is 4.75 Å². The molecular weight excluding hydrogens is 482 g/mol. The average Bonchev–Trinajstić information content (AvgIpc) is 2.64. The lowest BCUT2D eigenvalue weighted by molar-refractivity contribution is 0.416. The van der Waals surface area contributed by atoms with Gasteiger partial charge in [-0.2, -0.15) is 8.42 Å². The lowest BCUT2D eigenvalue weighted by Gasteiger charge is -2.35. The van der Waals surface area contributed by atoms with Gasteiger partial charge in [0.25, 0.3) is 10.1 Å². The molecule has 0 heterocycles. The normalized spacial score (nSPS) is 13.8. The second-order valence-corrected chi connectivity index (χ2v) is 9.22. The lowest BCUT2D eigenvalue weighted by atomic mass is 9.82. The van der Waals surface area contributed by atoms with Crippen molar-refractivity contribution in [2.24, 2.45) is 0 Å². The second-order valence-electron chi connectivity index (χ2n) is 6.03. The van der Waals surface area contributed by atoms with Gasteiger partial charge in [0.05, 0.1) is 15.6 Å². The zero-order valence-corrected chi connectivity index (χ0v) is 18.1. The molecule has 3 rings (SSSR count). The Hall–Kier alpha value is -1.67. The van der Waals surface area contributed by atoms with E-state index >= 15 is 0 Å². The number of hydrogen-bond donors (Lipinski definition) is 3. The summed E-state index contributed by atoms with van der Waals surface area (Å²) in [5.41, 5.74) is -1.04. The van der Waals surface area contributed by atoms with Crippen molar-refractivity contribution in [3.63, 3.8) is 0 Å². The van der Waals surface area contributed by atoms with E-state index in [9.17, 15) is 23.2 Å². The molecule has 0 saturated carbocycles. The molecule has 152 valence electrons. The van der Waals surface area contributed by atoms with Gasteiger partial charge in [-0.1, -0.05) is 82.8 Å².